The Morgan fingerprint density at radius 3 is 2.88 bits per heavy atom. The number of halogens is 1. The number of carbonyl (C=O) groups is 1. The summed E-state index contributed by atoms with van der Waals surface area (Å²) in [6, 6.07) is 3.18. The molecule has 4 nitrogen and oxygen atoms in total. The third-order valence-corrected chi connectivity index (χ3v) is 3.16. The fourth-order valence-electron chi connectivity index (χ4n) is 1.82. The molecular weight excluding hydrogens is 240 g/mol. The normalized spacial score (nSPS) is 12.9. The van der Waals surface area contributed by atoms with E-state index in [1.807, 2.05) is 0 Å². The van der Waals surface area contributed by atoms with Gasteiger partial charge in [0, 0.05) is 10.9 Å². The van der Waals surface area contributed by atoms with Crippen molar-refractivity contribution >= 4 is 23.1 Å². The largest absolute Gasteiger partial charge is 0.477 e. The summed E-state index contributed by atoms with van der Waals surface area (Å²) < 4.78 is 1.57. The zero-order valence-corrected chi connectivity index (χ0v) is 10.4. The van der Waals surface area contributed by atoms with Crippen LogP contribution in [0, 0.1) is 0 Å². The summed E-state index contributed by atoms with van der Waals surface area (Å²) in [5, 5.41) is 9.52. The van der Waals surface area contributed by atoms with Crippen LogP contribution in [0.15, 0.2) is 18.5 Å². The number of nitrogens with zero attached hydrogens (tertiary/aromatic N) is 2. The van der Waals surface area contributed by atoms with Crippen molar-refractivity contribution < 1.29 is 9.90 Å². The third-order valence-electron chi connectivity index (χ3n) is 2.94. The van der Waals surface area contributed by atoms with E-state index >= 15 is 0 Å². The molecule has 0 amide bonds. The average Bonchev–Trinajstić information content (AvgIpc) is 2.70. The number of imidazole rings is 1. The molecule has 0 aliphatic heterocycles. The maximum absolute atomic E-state index is 11.1. The number of aromatic carboxylic acids is 1. The van der Waals surface area contributed by atoms with Gasteiger partial charge in [0.1, 0.15) is 12.0 Å². The van der Waals surface area contributed by atoms with Gasteiger partial charge in [0.25, 0.3) is 0 Å². The molecular formula is C12H13ClN2O2. The molecule has 1 N–H and O–H groups in total. The molecule has 2 rings (SSSR count). The summed E-state index contributed by atoms with van der Waals surface area (Å²) in [4.78, 5) is 15.4. The molecule has 0 fully saturated rings. The molecule has 2 aromatic rings. The molecule has 1 atom stereocenters. The van der Waals surface area contributed by atoms with Crippen LogP contribution in [0.5, 0.6) is 0 Å². The lowest BCUT2D eigenvalue weighted by Crippen LogP contribution is -2.04. The van der Waals surface area contributed by atoms with Crippen molar-refractivity contribution in [1.82, 2.24) is 9.38 Å². The van der Waals surface area contributed by atoms with Crippen LogP contribution in [0.25, 0.3) is 5.52 Å². The summed E-state index contributed by atoms with van der Waals surface area (Å²) >= 11 is 5.94. The highest BCUT2D eigenvalue weighted by molar-refractivity contribution is 6.31. The second-order valence-corrected chi connectivity index (χ2v) is 4.49. The van der Waals surface area contributed by atoms with Crippen LogP contribution in [0.4, 0.5) is 0 Å². The van der Waals surface area contributed by atoms with Crippen LogP contribution < -0.4 is 0 Å². The second-order valence-electron chi connectivity index (χ2n) is 4.06. The van der Waals surface area contributed by atoms with E-state index in [2.05, 4.69) is 18.8 Å². The summed E-state index contributed by atoms with van der Waals surface area (Å²) in [6.45, 7) is 4.13. The van der Waals surface area contributed by atoms with E-state index in [4.69, 9.17) is 16.7 Å². The summed E-state index contributed by atoms with van der Waals surface area (Å²) in [7, 11) is 0. The fourth-order valence-corrected chi connectivity index (χ4v) is 2.02. The molecule has 0 bridgehead atoms. The van der Waals surface area contributed by atoms with Gasteiger partial charge < -0.3 is 5.11 Å². The Morgan fingerprint density at radius 1 is 1.59 bits per heavy atom. The van der Waals surface area contributed by atoms with Crippen LogP contribution in [-0.4, -0.2) is 20.5 Å². The molecule has 0 radical (unpaired) electrons. The number of carboxylic acids is 1. The van der Waals surface area contributed by atoms with Crippen molar-refractivity contribution in [2.24, 2.45) is 0 Å². The zero-order valence-electron chi connectivity index (χ0n) is 9.64. The first-order valence-corrected chi connectivity index (χ1v) is 5.82. The van der Waals surface area contributed by atoms with Gasteiger partial charge >= 0.3 is 5.97 Å². The van der Waals surface area contributed by atoms with E-state index in [0.717, 1.165) is 17.6 Å². The van der Waals surface area contributed by atoms with Crippen LogP contribution in [-0.2, 0) is 0 Å². The van der Waals surface area contributed by atoms with E-state index < -0.39 is 5.97 Å². The van der Waals surface area contributed by atoms with Gasteiger partial charge in [-0.3, -0.25) is 4.40 Å². The number of fused-ring (bicyclic) bond motifs is 1. The van der Waals surface area contributed by atoms with Crippen molar-refractivity contribution in [3.63, 3.8) is 0 Å². The Bertz CT molecular complexity index is 577. The number of rotatable bonds is 3. The highest BCUT2D eigenvalue weighted by atomic mass is 35.5. The average molecular weight is 253 g/mol. The molecule has 0 saturated carbocycles. The molecule has 1 unspecified atom stereocenters. The van der Waals surface area contributed by atoms with E-state index in [-0.39, 0.29) is 11.6 Å². The molecule has 17 heavy (non-hydrogen) atoms. The predicted octanol–water partition coefficient (Wildman–Crippen LogP) is 3.20. The molecule has 0 aliphatic carbocycles. The molecule has 0 aromatic carbocycles. The van der Waals surface area contributed by atoms with E-state index in [1.165, 1.54) is 12.4 Å². The lowest BCUT2D eigenvalue weighted by atomic mass is 10.0. The van der Waals surface area contributed by atoms with Gasteiger partial charge in [-0.05, 0) is 18.6 Å². The van der Waals surface area contributed by atoms with Gasteiger partial charge in [-0.15, -0.1) is 0 Å². The fraction of sp³-hybridized carbons (Fsp3) is 0.333. The topological polar surface area (TPSA) is 54.6 Å². The molecule has 2 heterocycles. The number of hydrogen-bond acceptors (Lipinski definition) is 2. The predicted molar refractivity (Wildman–Crippen MR) is 65.9 cm³/mol. The minimum atomic E-state index is -1.01. The van der Waals surface area contributed by atoms with Crippen molar-refractivity contribution in [3.8, 4) is 0 Å². The van der Waals surface area contributed by atoms with Gasteiger partial charge in [0.15, 0.2) is 0 Å². The van der Waals surface area contributed by atoms with Crippen molar-refractivity contribution in [1.29, 1.82) is 0 Å². The second kappa shape index (κ2) is 4.37. The van der Waals surface area contributed by atoms with Gasteiger partial charge in [-0.2, -0.15) is 0 Å². The van der Waals surface area contributed by atoms with Crippen molar-refractivity contribution in [2.45, 2.75) is 26.2 Å². The first-order valence-electron chi connectivity index (χ1n) is 5.44. The molecule has 0 spiro atoms. The monoisotopic (exact) mass is 252 g/mol. The first kappa shape index (κ1) is 11.9. The number of hydrogen-bond donors (Lipinski definition) is 1. The Morgan fingerprint density at radius 2 is 2.29 bits per heavy atom. The Balaban J connectivity index is 2.73. The van der Waals surface area contributed by atoms with E-state index in [1.54, 1.807) is 10.5 Å². The summed E-state index contributed by atoms with van der Waals surface area (Å²) in [5.74, 6) is -0.731. The van der Waals surface area contributed by atoms with Gasteiger partial charge in [-0.1, -0.05) is 25.4 Å². The summed E-state index contributed by atoms with van der Waals surface area (Å²) in [6.07, 6.45) is 2.48. The molecule has 0 saturated heterocycles. The molecule has 0 aliphatic rings. The maximum atomic E-state index is 11.1. The minimum Gasteiger partial charge on any atom is -0.477 e. The zero-order chi connectivity index (χ0) is 12.6. The lowest BCUT2D eigenvalue weighted by Gasteiger charge is -2.07. The minimum absolute atomic E-state index is 0.134. The third kappa shape index (κ3) is 2.00. The van der Waals surface area contributed by atoms with Gasteiger partial charge in [0.05, 0.1) is 11.2 Å². The van der Waals surface area contributed by atoms with Gasteiger partial charge in [-0.25, -0.2) is 9.78 Å². The van der Waals surface area contributed by atoms with Gasteiger partial charge in [0.2, 0.25) is 0 Å². The first-order chi connectivity index (χ1) is 8.04. The smallest absolute Gasteiger partial charge is 0.352 e. The Kier molecular flexibility index (Phi) is 3.07. The standard InChI is InChI=1S/C12H13ClN2O2/c1-3-7(2)11-9-4-8(13)5-10(12(16)17)15(9)6-14-11/h4-7H,3H2,1-2H3,(H,16,17). The van der Waals surface area contributed by atoms with Crippen molar-refractivity contribution in [3.05, 3.63) is 34.9 Å². The number of pyridine rings is 1. The Hall–Kier alpha value is -1.55. The summed E-state index contributed by atoms with van der Waals surface area (Å²) in [5.41, 5.74) is 1.79. The van der Waals surface area contributed by atoms with Crippen molar-refractivity contribution in [2.75, 3.05) is 0 Å². The molecule has 90 valence electrons. The highest BCUT2D eigenvalue weighted by Gasteiger charge is 2.16. The number of aromatic nitrogens is 2. The SMILES string of the molecule is CCC(C)c1ncn2c(C(=O)O)cc(Cl)cc12. The number of carboxylic acid groups (broad SMARTS) is 1. The lowest BCUT2D eigenvalue weighted by molar-refractivity contribution is 0.0689. The maximum Gasteiger partial charge on any atom is 0.352 e. The van der Waals surface area contributed by atoms with E-state index in [0.29, 0.717) is 5.02 Å². The molecule has 2 aromatic heterocycles. The van der Waals surface area contributed by atoms with Crippen LogP contribution in [0.2, 0.25) is 5.02 Å². The van der Waals surface area contributed by atoms with Crippen LogP contribution >= 0.6 is 11.6 Å². The quantitative estimate of drug-likeness (QED) is 0.913. The highest BCUT2D eigenvalue weighted by Crippen LogP contribution is 2.25. The molecule has 5 heteroatoms. The van der Waals surface area contributed by atoms with Crippen LogP contribution in [0.3, 0.4) is 0 Å². The van der Waals surface area contributed by atoms with E-state index in [9.17, 15) is 4.79 Å². The van der Waals surface area contributed by atoms with Crippen LogP contribution in [0.1, 0.15) is 42.4 Å². The Labute approximate surface area is 104 Å².